The molecule has 150 valence electrons. The molecule has 0 saturated carbocycles. The Morgan fingerprint density at radius 1 is 1.11 bits per heavy atom. The van der Waals surface area contributed by atoms with Gasteiger partial charge in [0.1, 0.15) is 0 Å². The van der Waals surface area contributed by atoms with Crippen molar-refractivity contribution in [2.75, 3.05) is 18.4 Å². The van der Waals surface area contributed by atoms with Gasteiger partial charge in [-0.1, -0.05) is 36.4 Å². The first-order valence-electron chi connectivity index (χ1n) is 9.33. The highest BCUT2D eigenvalue weighted by atomic mass is 19.4. The lowest BCUT2D eigenvalue weighted by atomic mass is 10.0. The Morgan fingerprint density at radius 2 is 1.79 bits per heavy atom. The Labute approximate surface area is 162 Å². The number of alkyl halides is 3. The van der Waals surface area contributed by atoms with Crippen molar-refractivity contribution in [2.45, 2.75) is 38.5 Å². The molecule has 4 nitrogen and oxygen atoms in total. The van der Waals surface area contributed by atoms with Gasteiger partial charge in [-0.15, -0.1) is 0 Å². The monoisotopic (exact) mass is 391 g/mol. The van der Waals surface area contributed by atoms with Crippen LogP contribution in [-0.2, 0) is 12.7 Å². The number of piperidine rings is 1. The van der Waals surface area contributed by atoms with E-state index >= 15 is 0 Å². The lowest BCUT2D eigenvalue weighted by Crippen LogP contribution is -2.45. The minimum absolute atomic E-state index is 0.0122. The maximum atomic E-state index is 12.9. The minimum atomic E-state index is -4.44. The molecule has 0 atom stereocenters. The number of aryl methyl sites for hydroxylation is 1. The first-order chi connectivity index (χ1) is 13.3. The van der Waals surface area contributed by atoms with E-state index in [4.69, 9.17) is 0 Å². The van der Waals surface area contributed by atoms with E-state index in [0.29, 0.717) is 5.56 Å². The number of urea groups is 1. The predicted octanol–water partition coefficient (Wildman–Crippen LogP) is 4.80. The van der Waals surface area contributed by atoms with E-state index in [9.17, 15) is 18.0 Å². The molecule has 1 fully saturated rings. The van der Waals surface area contributed by atoms with Crippen molar-refractivity contribution >= 4 is 11.7 Å². The van der Waals surface area contributed by atoms with Crippen LogP contribution in [0.2, 0.25) is 0 Å². The summed E-state index contributed by atoms with van der Waals surface area (Å²) in [5.41, 5.74) is 1.24. The number of anilines is 1. The lowest BCUT2D eigenvalue weighted by molar-refractivity contribution is -0.137. The number of benzene rings is 2. The summed E-state index contributed by atoms with van der Waals surface area (Å²) in [6.45, 7) is 4.27. The molecule has 7 heteroatoms. The lowest BCUT2D eigenvalue weighted by Gasteiger charge is -2.32. The molecule has 2 aromatic rings. The van der Waals surface area contributed by atoms with Crippen LogP contribution in [0.4, 0.5) is 23.7 Å². The highest BCUT2D eigenvalue weighted by Gasteiger charge is 2.31. The van der Waals surface area contributed by atoms with E-state index in [0.717, 1.165) is 44.6 Å². The summed E-state index contributed by atoms with van der Waals surface area (Å²) in [6, 6.07) is 13.1. The van der Waals surface area contributed by atoms with Gasteiger partial charge in [0.25, 0.3) is 0 Å². The molecule has 0 aliphatic carbocycles. The number of hydrogen-bond donors (Lipinski definition) is 2. The Morgan fingerprint density at radius 3 is 2.43 bits per heavy atom. The summed E-state index contributed by atoms with van der Waals surface area (Å²) in [6.07, 6.45) is -2.82. The second-order valence-corrected chi connectivity index (χ2v) is 7.16. The van der Waals surface area contributed by atoms with Crippen molar-refractivity contribution < 1.29 is 18.0 Å². The fraction of sp³-hybridized carbons (Fsp3) is 0.381. The van der Waals surface area contributed by atoms with Crippen molar-refractivity contribution in [3.05, 3.63) is 65.2 Å². The maximum Gasteiger partial charge on any atom is 0.416 e. The molecular weight excluding hydrogens is 367 g/mol. The summed E-state index contributed by atoms with van der Waals surface area (Å²) in [4.78, 5) is 14.6. The number of hydrogen-bond acceptors (Lipinski definition) is 2. The number of nitrogens with zero attached hydrogens (tertiary/aromatic N) is 1. The second kappa shape index (κ2) is 8.65. The zero-order valence-electron chi connectivity index (χ0n) is 15.7. The third kappa shape index (κ3) is 5.48. The topological polar surface area (TPSA) is 44.4 Å². The van der Waals surface area contributed by atoms with Crippen molar-refractivity contribution in [1.82, 2.24) is 10.2 Å². The fourth-order valence-corrected chi connectivity index (χ4v) is 3.35. The molecule has 1 aliphatic rings. The largest absolute Gasteiger partial charge is 0.416 e. The van der Waals surface area contributed by atoms with Gasteiger partial charge in [0.05, 0.1) is 5.56 Å². The van der Waals surface area contributed by atoms with Gasteiger partial charge in [-0.2, -0.15) is 13.2 Å². The van der Waals surface area contributed by atoms with E-state index in [1.807, 2.05) is 18.2 Å². The summed E-state index contributed by atoms with van der Waals surface area (Å²) in [7, 11) is 0. The zero-order valence-corrected chi connectivity index (χ0v) is 15.7. The molecule has 2 aromatic carbocycles. The smallest absolute Gasteiger partial charge is 0.335 e. The van der Waals surface area contributed by atoms with Crippen molar-refractivity contribution in [1.29, 1.82) is 0 Å². The first kappa shape index (κ1) is 20.2. The Hall–Kier alpha value is -2.54. The summed E-state index contributed by atoms with van der Waals surface area (Å²) in [5.74, 6) is 0. The normalized spacial score (nSPS) is 16.0. The molecule has 2 amide bonds. The highest BCUT2D eigenvalue weighted by Crippen LogP contribution is 2.32. The van der Waals surface area contributed by atoms with Crippen LogP contribution in [0.3, 0.4) is 0 Å². The average molecular weight is 391 g/mol. The van der Waals surface area contributed by atoms with Gasteiger partial charge in [-0.25, -0.2) is 4.79 Å². The highest BCUT2D eigenvalue weighted by molar-refractivity contribution is 5.90. The molecule has 0 bridgehead atoms. The molecular formula is C21H24F3N3O. The van der Waals surface area contributed by atoms with Crippen LogP contribution < -0.4 is 10.6 Å². The molecule has 1 saturated heterocycles. The molecule has 0 spiro atoms. The quantitative estimate of drug-likeness (QED) is 0.786. The molecule has 3 rings (SSSR count). The zero-order chi connectivity index (χ0) is 20.1. The predicted molar refractivity (Wildman–Crippen MR) is 103 cm³/mol. The fourth-order valence-electron chi connectivity index (χ4n) is 3.35. The van der Waals surface area contributed by atoms with Crippen LogP contribution in [0.5, 0.6) is 0 Å². The Bertz CT molecular complexity index is 800. The summed E-state index contributed by atoms with van der Waals surface area (Å²) >= 11 is 0. The van der Waals surface area contributed by atoms with Gasteiger partial charge in [-0.05, 0) is 43.0 Å². The summed E-state index contributed by atoms with van der Waals surface area (Å²) < 4.78 is 38.6. The van der Waals surface area contributed by atoms with Crippen LogP contribution >= 0.6 is 0 Å². The van der Waals surface area contributed by atoms with E-state index in [2.05, 4.69) is 27.7 Å². The van der Waals surface area contributed by atoms with E-state index in [1.54, 1.807) is 6.92 Å². The van der Waals surface area contributed by atoms with E-state index < -0.39 is 17.8 Å². The number of nitrogens with one attached hydrogen (secondary N) is 2. The molecule has 0 unspecified atom stereocenters. The number of carbonyl (C=O) groups is 1. The van der Waals surface area contributed by atoms with Crippen LogP contribution in [0.15, 0.2) is 48.5 Å². The third-order valence-corrected chi connectivity index (χ3v) is 4.98. The second-order valence-electron chi connectivity index (χ2n) is 7.16. The van der Waals surface area contributed by atoms with Crippen molar-refractivity contribution in [2.24, 2.45) is 0 Å². The molecule has 1 aliphatic heterocycles. The molecule has 0 radical (unpaired) electrons. The van der Waals surface area contributed by atoms with Gasteiger partial charge in [0.15, 0.2) is 0 Å². The average Bonchev–Trinajstić information content (AvgIpc) is 2.65. The van der Waals surface area contributed by atoms with Crippen molar-refractivity contribution in [3.63, 3.8) is 0 Å². The number of amides is 2. The molecule has 1 heterocycles. The molecule has 28 heavy (non-hydrogen) atoms. The van der Waals surface area contributed by atoms with Gasteiger partial charge in [0, 0.05) is 31.4 Å². The SMILES string of the molecule is Cc1ccc(C(F)(F)F)cc1NC(=O)NC1CCN(Cc2ccccc2)CC1. The summed E-state index contributed by atoms with van der Waals surface area (Å²) in [5, 5.41) is 5.44. The van der Waals surface area contributed by atoms with Crippen LogP contribution in [0.25, 0.3) is 0 Å². The van der Waals surface area contributed by atoms with Crippen molar-refractivity contribution in [3.8, 4) is 0 Å². The van der Waals surface area contributed by atoms with Crippen LogP contribution in [0.1, 0.15) is 29.5 Å². The number of likely N-dealkylation sites (tertiary alicyclic amines) is 1. The standard InChI is InChI=1S/C21H24F3N3O/c1-15-7-8-17(21(22,23)24)13-19(15)26-20(28)25-18-9-11-27(12-10-18)14-16-5-3-2-4-6-16/h2-8,13,18H,9-12,14H2,1H3,(H2,25,26,28). The third-order valence-electron chi connectivity index (χ3n) is 4.98. The van der Waals surface area contributed by atoms with E-state index in [-0.39, 0.29) is 11.7 Å². The molecule has 2 N–H and O–H groups in total. The maximum absolute atomic E-state index is 12.9. The Balaban J connectivity index is 1.50. The van der Waals surface area contributed by atoms with E-state index in [1.165, 1.54) is 11.6 Å². The number of halogens is 3. The minimum Gasteiger partial charge on any atom is -0.335 e. The van der Waals surface area contributed by atoms with Gasteiger partial charge in [0.2, 0.25) is 0 Å². The molecule has 0 aromatic heterocycles. The van der Waals surface area contributed by atoms with Crippen LogP contribution in [0, 0.1) is 6.92 Å². The Kier molecular flexibility index (Phi) is 6.24. The van der Waals surface area contributed by atoms with Gasteiger partial charge in [-0.3, -0.25) is 4.90 Å². The number of carbonyl (C=O) groups excluding carboxylic acids is 1. The van der Waals surface area contributed by atoms with Gasteiger partial charge < -0.3 is 10.6 Å². The number of rotatable bonds is 4. The van der Waals surface area contributed by atoms with Gasteiger partial charge >= 0.3 is 12.2 Å². The first-order valence-corrected chi connectivity index (χ1v) is 9.33. The van der Waals surface area contributed by atoms with Crippen LogP contribution in [-0.4, -0.2) is 30.1 Å².